The molecule has 5 heteroatoms. The van der Waals surface area contributed by atoms with Crippen LogP contribution in [0, 0.1) is 12.7 Å². The van der Waals surface area contributed by atoms with E-state index in [0.717, 1.165) is 10.5 Å². The van der Waals surface area contributed by atoms with Crippen molar-refractivity contribution in [2.24, 2.45) is 0 Å². The lowest BCUT2D eigenvalue weighted by Gasteiger charge is -2.28. The van der Waals surface area contributed by atoms with E-state index in [9.17, 15) is 14.0 Å². The minimum atomic E-state index is -0.368. The van der Waals surface area contributed by atoms with Crippen LogP contribution in [0.1, 0.15) is 24.0 Å². The Morgan fingerprint density at radius 2 is 2.16 bits per heavy atom. The Morgan fingerprint density at radius 1 is 1.42 bits per heavy atom. The third-order valence-electron chi connectivity index (χ3n) is 3.44. The molecule has 1 aromatic rings. The standard InChI is InChI=1S/C14H17FN2O2/c1-9-3-4-10(7-11(9)15)8-16-12-5-6-13(18)17(2)14(12)19/h3-4,7,12,16H,5-6,8H2,1-2H3. The van der Waals surface area contributed by atoms with Crippen LogP contribution in [0.2, 0.25) is 0 Å². The summed E-state index contributed by atoms with van der Waals surface area (Å²) in [5.41, 5.74) is 1.39. The third kappa shape index (κ3) is 2.98. The summed E-state index contributed by atoms with van der Waals surface area (Å²) in [4.78, 5) is 24.3. The number of nitrogens with one attached hydrogen (secondary N) is 1. The summed E-state index contributed by atoms with van der Waals surface area (Å²) in [6.07, 6.45) is 0.860. The number of rotatable bonds is 3. The van der Waals surface area contributed by atoms with Gasteiger partial charge in [0.25, 0.3) is 0 Å². The molecule has 1 aliphatic rings. The maximum Gasteiger partial charge on any atom is 0.246 e. The van der Waals surface area contributed by atoms with Gasteiger partial charge in [0.2, 0.25) is 11.8 Å². The van der Waals surface area contributed by atoms with Crippen LogP contribution in [0.25, 0.3) is 0 Å². The number of piperidine rings is 1. The lowest BCUT2D eigenvalue weighted by atomic mass is 10.0. The minimum Gasteiger partial charge on any atom is -0.302 e. The lowest BCUT2D eigenvalue weighted by molar-refractivity contribution is -0.148. The third-order valence-corrected chi connectivity index (χ3v) is 3.44. The summed E-state index contributed by atoms with van der Waals surface area (Å²) in [6.45, 7) is 2.12. The Morgan fingerprint density at radius 3 is 2.84 bits per heavy atom. The van der Waals surface area contributed by atoms with Crippen molar-refractivity contribution in [3.05, 3.63) is 35.1 Å². The fourth-order valence-electron chi connectivity index (χ4n) is 2.09. The van der Waals surface area contributed by atoms with Gasteiger partial charge < -0.3 is 5.32 Å². The maximum atomic E-state index is 13.4. The molecule has 0 saturated carbocycles. The fraction of sp³-hybridized carbons (Fsp3) is 0.429. The second kappa shape index (κ2) is 5.48. The van der Waals surface area contributed by atoms with Gasteiger partial charge in [-0.25, -0.2) is 4.39 Å². The van der Waals surface area contributed by atoms with E-state index in [1.165, 1.54) is 13.1 Å². The molecule has 2 rings (SSSR count). The number of likely N-dealkylation sites (tertiary alicyclic amines) is 1. The summed E-state index contributed by atoms with van der Waals surface area (Å²) >= 11 is 0. The maximum absolute atomic E-state index is 13.4. The van der Waals surface area contributed by atoms with Crippen molar-refractivity contribution < 1.29 is 14.0 Å². The molecular formula is C14H17FN2O2. The van der Waals surface area contributed by atoms with Gasteiger partial charge in [0.05, 0.1) is 6.04 Å². The number of amides is 2. The number of benzene rings is 1. The molecule has 1 fully saturated rings. The van der Waals surface area contributed by atoms with Crippen LogP contribution < -0.4 is 5.32 Å². The molecule has 1 saturated heterocycles. The quantitative estimate of drug-likeness (QED) is 0.839. The van der Waals surface area contributed by atoms with Gasteiger partial charge in [-0.1, -0.05) is 12.1 Å². The first-order valence-corrected chi connectivity index (χ1v) is 6.28. The normalized spacial score (nSPS) is 19.9. The smallest absolute Gasteiger partial charge is 0.246 e. The molecule has 2 amide bonds. The Bertz CT molecular complexity index is 516. The number of likely N-dealkylation sites (N-methyl/N-ethyl adjacent to an activating group) is 1. The van der Waals surface area contributed by atoms with E-state index in [1.807, 2.05) is 6.07 Å². The van der Waals surface area contributed by atoms with Crippen molar-refractivity contribution in [1.29, 1.82) is 0 Å². The van der Waals surface area contributed by atoms with Crippen LogP contribution in [0.4, 0.5) is 4.39 Å². The van der Waals surface area contributed by atoms with Crippen LogP contribution in [-0.2, 0) is 16.1 Å². The summed E-state index contributed by atoms with van der Waals surface area (Å²) in [5, 5.41) is 3.08. The van der Waals surface area contributed by atoms with Gasteiger partial charge >= 0.3 is 0 Å². The number of halogens is 1. The first-order valence-electron chi connectivity index (χ1n) is 6.28. The number of aryl methyl sites for hydroxylation is 1. The first-order chi connectivity index (χ1) is 8.99. The Balaban J connectivity index is 1.97. The molecule has 1 aliphatic heterocycles. The molecule has 0 aliphatic carbocycles. The average molecular weight is 264 g/mol. The van der Waals surface area contributed by atoms with E-state index in [1.54, 1.807) is 13.0 Å². The Hall–Kier alpha value is -1.75. The molecule has 0 aromatic heterocycles. The molecule has 1 heterocycles. The number of hydrogen-bond donors (Lipinski definition) is 1. The van der Waals surface area contributed by atoms with Crippen molar-refractivity contribution in [2.45, 2.75) is 32.4 Å². The van der Waals surface area contributed by atoms with Gasteiger partial charge in [-0.05, 0) is 30.5 Å². The number of carbonyl (C=O) groups excluding carboxylic acids is 2. The molecule has 1 atom stereocenters. The molecule has 1 N–H and O–H groups in total. The van der Waals surface area contributed by atoms with Crippen LogP contribution >= 0.6 is 0 Å². The van der Waals surface area contributed by atoms with Crippen molar-refractivity contribution in [1.82, 2.24) is 10.2 Å². The number of carbonyl (C=O) groups is 2. The molecule has 0 spiro atoms. The van der Waals surface area contributed by atoms with Crippen LogP contribution in [-0.4, -0.2) is 29.8 Å². The minimum absolute atomic E-state index is 0.149. The highest BCUT2D eigenvalue weighted by molar-refractivity contribution is 6.00. The van der Waals surface area contributed by atoms with Gasteiger partial charge in [0.15, 0.2) is 0 Å². The highest BCUT2D eigenvalue weighted by atomic mass is 19.1. The second-order valence-electron chi connectivity index (χ2n) is 4.85. The highest BCUT2D eigenvalue weighted by Crippen LogP contribution is 2.13. The Kier molecular flexibility index (Phi) is 3.95. The van der Waals surface area contributed by atoms with Gasteiger partial charge in [0.1, 0.15) is 5.82 Å². The van der Waals surface area contributed by atoms with Gasteiger partial charge in [0, 0.05) is 20.0 Å². The lowest BCUT2D eigenvalue weighted by Crippen LogP contribution is -2.51. The van der Waals surface area contributed by atoms with Gasteiger partial charge in [-0.3, -0.25) is 14.5 Å². The zero-order valence-corrected chi connectivity index (χ0v) is 11.1. The molecule has 4 nitrogen and oxygen atoms in total. The SMILES string of the molecule is Cc1ccc(CNC2CCC(=O)N(C)C2=O)cc1F. The first kappa shape index (κ1) is 13.7. The predicted octanol–water partition coefficient (Wildman–Crippen LogP) is 1.37. The molecule has 1 unspecified atom stereocenters. The van der Waals surface area contributed by atoms with Crippen molar-refractivity contribution >= 4 is 11.8 Å². The Labute approximate surface area is 111 Å². The second-order valence-corrected chi connectivity index (χ2v) is 4.85. The predicted molar refractivity (Wildman–Crippen MR) is 68.8 cm³/mol. The molecule has 1 aromatic carbocycles. The fourth-order valence-corrected chi connectivity index (χ4v) is 2.09. The molecular weight excluding hydrogens is 247 g/mol. The molecule has 0 bridgehead atoms. The highest BCUT2D eigenvalue weighted by Gasteiger charge is 2.31. The van der Waals surface area contributed by atoms with Crippen molar-refractivity contribution in [3.8, 4) is 0 Å². The zero-order chi connectivity index (χ0) is 14.0. The van der Waals surface area contributed by atoms with E-state index in [2.05, 4.69) is 5.32 Å². The summed E-state index contributed by atoms with van der Waals surface area (Å²) in [7, 11) is 1.49. The van der Waals surface area contributed by atoms with E-state index in [0.29, 0.717) is 24.9 Å². The molecule has 0 radical (unpaired) electrons. The van der Waals surface area contributed by atoms with E-state index < -0.39 is 0 Å². The van der Waals surface area contributed by atoms with Crippen LogP contribution in [0.15, 0.2) is 18.2 Å². The van der Waals surface area contributed by atoms with Crippen molar-refractivity contribution in [3.63, 3.8) is 0 Å². The van der Waals surface area contributed by atoms with Crippen LogP contribution in [0.5, 0.6) is 0 Å². The summed E-state index contributed by atoms with van der Waals surface area (Å²) < 4.78 is 13.4. The summed E-state index contributed by atoms with van der Waals surface area (Å²) in [5.74, 6) is -0.616. The number of nitrogens with zero attached hydrogens (tertiary/aromatic N) is 1. The topological polar surface area (TPSA) is 49.4 Å². The molecule has 102 valence electrons. The van der Waals surface area contributed by atoms with Gasteiger partial charge in [-0.2, -0.15) is 0 Å². The monoisotopic (exact) mass is 264 g/mol. The van der Waals surface area contributed by atoms with E-state index >= 15 is 0 Å². The number of imide groups is 1. The van der Waals surface area contributed by atoms with E-state index in [-0.39, 0.29) is 23.7 Å². The van der Waals surface area contributed by atoms with E-state index in [4.69, 9.17) is 0 Å². The van der Waals surface area contributed by atoms with Crippen LogP contribution in [0.3, 0.4) is 0 Å². The molecule has 19 heavy (non-hydrogen) atoms. The average Bonchev–Trinajstić information content (AvgIpc) is 2.39. The van der Waals surface area contributed by atoms with Crippen molar-refractivity contribution in [2.75, 3.05) is 7.05 Å². The largest absolute Gasteiger partial charge is 0.302 e. The number of hydrogen-bond acceptors (Lipinski definition) is 3. The summed E-state index contributed by atoms with van der Waals surface area (Å²) in [6, 6.07) is 4.63. The van der Waals surface area contributed by atoms with Gasteiger partial charge in [-0.15, -0.1) is 0 Å². The zero-order valence-electron chi connectivity index (χ0n) is 11.1.